The minimum Gasteiger partial charge on any atom is -0.382 e. The number of nitrogens with zero attached hydrogens (tertiary/aromatic N) is 2. The number of aliphatic hydroxyl groups excluding tert-OH is 1. The van der Waals surface area contributed by atoms with Crippen LogP contribution in [-0.4, -0.2) is 15.8 Å². The number of hydrogen-bond donors (Lipinski definition) is 1. The molecule has 1 unspecified atom stereocenters. The molecule has 1 heterocycles. The monoisotopic (exact) mass is 466 g/mol. The van der Waals surface area contributed by atoms with Gasteiger partial charge >= 0.3 is 0 Å². The summed E-state index contributed by atoms with van der Waals surface area (Å²) >= 11 is 3.44. The first kappa shape index (κ1) is 24.0. The molecular weight excluding hydrogens is 436 g/mol. The van der Waals surface area contributed by atoms with E-state index in [-0.39, 0.29) is 0 Å². The number of halogens is 1. The zero-order valence-electron chi connectivity index (χ0n) is 18.5. The van der Waals surface area contributed by atoms with E-state index in [1.54, 1.807) is 12.4 Å². The third-order valence-electron chi connectivity index (χ3n) is 5.01. The maximum Gasteiger partial charge on any atom is 0.117 e. The summed E-state index contributed by atoms with van der Waals surface area (Å²) in [5, 5.41) is 10.4. The Bertz CT molecular complexity index is 984. The highest BCUT2D eigenvalue weighted by atomic mass is 79.9. The number of aryl methyl sites for hydroxylation is 4. The van der Waals surface area contributed by atoms with Crippen LogP contribution in [0.2, 0.25) is 0 Å². The second kappa shape index (κ2) is 11.8. The molecule has 0 radical (unpaired) electrons. The molecule has 1 atom stereocenters. The Labute approximate surface area is 189 Å². The minimum atomic E-state index is -0.689. The van der Waals surface area contributed by atoms with Crippen molar-refractivity contribution in [2.45, 2.75) is 53.6 Å². The number of aliphatic imine (C=N–C) groups is 1. The third-order valence-corrected chi connectivity index (χ3v) is 5.50. The fourth-order valence-electron chi connectivity index (χ4n) is 3.15. The van der Waals surface area contributed by atoms with E-state index in [9.17, 15) is 5.11 Å². The Morgan fingerprint density at radius 1 is 0.967 bits per heavy atom. The molecule has 0 aliphatic carbocycles. The largest absolute Gasteiger partial charge is 0.382 e. The summed E-state index contributed by atoms with van der Waals surface area (Å²) in [5.41, 5.74) is 7.78. The van der Waals surface area contributed by atoms with Crippen molar-refractivity contribution in [2.75, 3.05) is 0 Å². The maximum atomic E-state index is 10.4. The average Bonchev–Trinajstić information content (AvgIpc) is 2.75. The van der Waals surface area contributed by atoms with Crippen molar-refractivity contribution in [3.8, 4) is 0 Å². The highest BCUT2D eigenvalue weighted by Crippen LogP contribution is 2.25. The van der Waals surface area contributed by atoms with Crippen LogP contribution in [0.4, 0.5) is 5.69 Å². The normalized spacial score (nSPS) is 12.2. The Kier molecular flexibility index (Phi) is 9.41. The standard InChI is InChI=1S/C16H17BrN2O.C10H14/c1-3-14(16(20)12-6-8-18-9-7-12)19-15-5-4-13(17)10-11(15)2;1-4-10-7-8(2)5-6-9(10)3/h4-10,16,20H,3H2,1-2H3;5-7H,4H2,1-3H3. The summed E-state index contributed by atoms with van der Waals surface area (Å²) in [4.78, 5) is 8.58. The first-order chi connectivity index (χ1) is 14.3. The van der Waals surface area contributed by atoms with Gasteiger partial charge < -0.3 is 5.11 Å². The fraction of sp³-hybridized carbons (Fsp3) is 0.308. The summed E-state index contributed by atoms with van der Waals surface area (Å²) in [6, 6.07) is 16.2. The van der Waals surface area contributed by atoms with Gasteiger partial charge in [-0.2, -0.15) is 0 Å². The van der Waals surface area contributed by atoms with Gasteiger partial charge in [-0.05, 0) is 86.2 Å². The van der Waals surface area contributed by atoms with E-state index in [1.165, 1.54) is 16.7 Å². The van der Waals surface area contributed by atoms with E-state index in [1.807, 2.05) is 44.2 Å². The molecule has 3 aromatic rings. The van der Waals surface area contributed by atoms with Crippen LogP contribution in [0.25, 0.3) is 0 Å². The molecular formula is C26H31BrN2O. The summed E-state index contributed by atoms with van der Waals surface area (Å²) in [7, 11) is 0. The highest BCUT2D eigenvalue weighted by molar-refractivity contribution is 9.10. The molecule has 0 bridgehead atoms. The van der Waals surface area contributed by atoms with E-state index in [0.717, 1.165) is 33.4 Å². The minimum absolute atomic E-state index is 0.689. The van der Waals surface area contributed by atoms with E-state index in [2.05, 4.69) is 64.9 Å². The molecule has 0 aliphatic heterocycles. The van der Waals surface area contributed by atoms with Crippen molar-refractivity contribution in [2.24, 2.45) is 4.99 Å². The summed E-state index contributed by atoms with van der Waals surface area (Å²) < 4.78 is 1.03. The summed E-state index contributed by atoms with van der Waals surface area (Å²) in [6.45, 7) is 10.5. The molecule has 0 saturated heterocycles. The summed E-state index contributed by atoms with van der Waals surface area (Å²) in [5.74, 6) is 0. The fourth-order valence-corrected chi connectivity index (χ4v) is 3.63. The highest BCUT2D eigenvalue weighted by Gasteiger charge is 2.14. The predicted molar refractivity (Wildman–Crippen MR) is 131 cm³/mol. The zero-order valence-corrected chi connectivity index (χ0v) is 20.1. The van der Waals surface area contributed by atoms with E-state index < -0.39 is 6.10 Å². The Hall–Kier alpha value is -2.30. The molecule has 158 valence electrons. The van der Waals surface area contributed by atoms with Gasteiger partial charge in [0.05, 0.1) is 11.4 Å². The van der Waals surface area contributed by atoms with Crippen molar-refractivity contribution in [3.63, 3.8) is 0 Å². The molecule has 0 aliphatic rings. The predicted octanol–water partition coefficient (Wildman–Crippen LogP) is 7.23. The van der Waals surface area contributed by atoms with Crippen LogP contribution < -0.4 is 0 Å². The lowest BCUT2D eigenvalue weighted by Gasteiger charge is -2.13. The van der Waals surface area contributed by atoms with Gasteiger partial charge in [0.1, 0.15) is 6.10 Å². The van der Waals surface area contributed by atoms with Gasteiger partial charge in [0.25, 0.3) is 0 Å². The molecule has 0 amide bonds. The van der Waals surface area contributed by atoms with Crippen LogP contribution in [0.1, 0.15) is 54.2 Å². The molecule has 4 heteroatoms. The van der Waals surface area contributed by atoms with Crippen LogP contribution >= 0.6 is 15.9 Å². The van der Waals surface area contributed by atoms with E-state index >= 15 is 0 Å². The number of benzene rings is 2. The molecule has 3 nitrogen and oxygen atoms in total. The Morgan fingerprint density at radius 2 is 1.67 bits per heavy atom. The lowest BCUT2D eigenvalue weighted by Crippen LogP contribution is -2.11. The van der Waals surface area contributed by atoms with Gasteiger partial charge in [-0.25, -0.2) is 0 Å². The van der Waals surface area contributed by atoms with Crippen molar-refractivity contribution < 1.29 is 5.11 Å². The van der Waals surface area contributed by atoms with Crippen LogP contribution in [0.15, 0.2) is 70.4 Å². The van der Waals surface area contributed by atoms with Crippen molar-refractivity contribution >= 4 is 27.3 Å². The van der Waals surface area contributed by atoms with Crippen LogP contribution in [0, 0.1) is 20.8 Å². The van der Waals surface area contributed by atoms with Gasteiger partial charge in [-0.1, -0.05) is 53.5 Å². The first-order valence-electron chi connectivity index (χ1n) is 10.3. The lowest BCUT2D eigenvalue weighted by atomic mass is 10.0. The Balaban J connectivity index is 0.000000269. The molecule has 2 aromatic carbocycles. The van der Waals surface area contributed by atoms with Crippen LogP contribution in [-0.2, 0) is 6.42 Å². The second-order valence-corrected chi connectivity index (χ2v) is 8.27. The average molecular weight is 467 g/mol. The molecule has 1 aromatic heterocycles. The van der Waals surface area contributed by atoms with Crippen LogP contribution in [0.5, 0.6) is 0 Å². The molecule has 0 spiro atoms. The zero-order chi connectivity index (χ0) is 22.1. The van der Waals surface area contributed by atoms with Gasteiger partial charge in [0, 0.05) is 16.9 Å². The number of aliphatic hydroxyl groups is 1. The number of aromatic nitrogens is 1. The number of pyridine rings is 1. The molecule has 1 N–H and O–H groups in total. The topological polar surface area (TPSA) is 45.5 Å². The van der Waals surface area contributed by atoms with E-state index in [4.69, 9.17) is 0 Å². The van der Waals surface area contributed by atoms with Crippen molar-refractivity contribution in [3.05, 3.63) is 93.2 Å². The van der Waals surface area contributed by atoms with Crippen LogP contribution in [0.3, 0.4) is 0 Å². The molecule has 3 rings (SSSR count). The SMILES string of the molecule is CCC(=Nc1ccc(Br)cc1C)C(O)c1ccncc1.CCc1cc(C)ccc1C. The molecule has 30 heavy (non-hydrogen) atoms. The van der Waals surface area contributed by atoms with Gasteiger partial charge in [0.15, 0.2) is 0 Å². The Morgan fingerprint density at radius 3 is 2.23 bits per heavy atom. The maximum absolute atomic E-state index is 10.4. The van der Waals surface area contributed by atoms with Crippen molar-refractivity contribution in [1.82, 2.24) is 4.98 Å². The van der Waals surface area contributed by atoms with Gasteiger partial charge in [0.2, 0.25) is 0 Å². The molecule has 0 saturated carbocycles. The van der Waals surface area contributed by atoms with E-state index in [0.29, 0.717) is 6.42 Å². The third kappa shape index (κ3) is 6.89. The number of hydrogen-bond acceptors (Lipinski definition) is 3. The lowest BCUT2D eigenvalue weighted by molar-refractivity contribution is 0.245. The first-order valence-corrected chi connectivity index (χ1v) is 11.1. The van der Waals surface area contributed by atoms with Gasteiger partial charge in [-0.15, -0.1) is 0 Å². The second-order valence-electron chi connectivity index (χ2n) is 7.35. The smallest absolute Gasteiger partial charge is 0.117 e. The summed E-state index contributed by atoms with van der Waals surface area (Å²) in [6.07, 6.45) is 4.51. The quantitative estimate of drug-likeness (QED) is 0.402. The van der Waals surface area contributed by atoms with Crippen molar-refractivity contribution in [1.29, 1.82) is 0 Å². The van der Waals surface area contributed by atoms with Gasteiger partial charge in [-0.3, -0.25) is 9.98 Å². The number of rotatable bonds is 5. The molecule has 0 fully saturated rings.